The van der Waals surface area contributed by atoms with Gasteiger partial charge in [0.05, 0.1) is 29.2 Å². The highest BCUT2D eigenvalue weighted by molar-refractivity contribution is 7.80. The summed E-state index contributed by atoms with van der Waals surface area (Å²) in [4.78, 5) is 14.7. The summed E-state index contributed by atoms with van der Waals surface area (Å²) in [5.41, 5.74) is 4.69. The van der Waals surface area contributed by atoms with E-state index >= 15 is 0 Å². The lowest BCUT2D eigenvalue weighted by atomic mass is 9.84. The lowest BCUT2D eigenvalue weighted by Crippen LogP contribution is -2.60. The van der Waals surface area contributed by atoms with Crippen LogP contribution < -0.4 is 5.73 Å². The molecule has 1 unspecified atom stereocenters. The van der Waals surface area contributed by atoms with E-state index in [2.05, 4.69) is 0 Å². The molecule has 1 fully saturated rings. The quantitative estimate of drug-likeness (QED) is 0.776. The van der Waals surface area contributed by atoms with Gasteiger partial charge in [-0.1, -0.05) is 19.1 Å². The van der Waals surface area contributed by atoms with Crippen molar-refractivity contribution in [3.05, 3.63) is 0 Å². The SMILES string of the molecule is CCC(C)(C(=O)N1CCOCC1(C)C)C(N)=S. The molecule has 1 atom stereocenters. The van der Waals surface area contributed by atoms with Crippen molar-refractivity contribution in [3.8, 4) is 0 Å². The Morgan fingerprint density at radius 2 is 2.18 bits per heavy atom. The average molecular weight is 258 g/mol. The van der Waals surface area contributed by atoms with Crippen LogP contribution in [0.1, 0.15) is 34.1 Å². The molecule has 1 aliphatic heterocycles. The fourth-order valence-electron chi connectivity index (χ4n) is 1.96. The topological polar surface area (TPSA) is 55.6 Å². The highest BCUT2D eigenvalue weighted by Gasteiger charge is 2.44. The maximum atomic E-state index is 12.6. The van der Waals surface area contributed by atoms with Crippen molar-refractivity contribution in [2.24, 2.45) is 11.1 Å². The molecule has 0 saturated carbocycles. The number of ether oxygens (including phenoxy) is 1. The number of carbonyl (C=O) groups excluding carboxylic acids is 1. The van der Waals surface area contributed by atoms with Gasteiger partial charge in [-0.3, -0.25) is 4.79 Å². The van der Waals surface area contributed by atoms with Crippen molar-refractivity contribution < 1.29 is 9.53 Å². The molecular formula is C12H22N2O2S. The van der Waals surface area contributed by atoms with Gasteiger partial charge in [0.1, 0.15) is 0 Å². The monoisotopic (exact) mass is 258 g/mol. The molecule has 4 nitrogen and oxygen atoms in total. The van der Waals surface area contributed by atoms with Gasteiger partial charge in [-0.05, 0) is 27.2 Å². The summed E-state index contributed by atoms with van der Waals surface area (Å²) >= 11 is 5.05. The van der Waals surface area contributed by atoms with E-state index in [0.29, 0.717) is 26.2 Å². The van der Waals surface area contributed by atoms with Crippen LogP contribution in [0.3, 0.4) is 0 Å². The van der Waals surface area contributed by atoms with E-state index in [-0.39, 0.29) is 16.4 Å². The van der Waals surface area contributed by atoms with Crippen molar-refractivity contribution in [2.45, 2.75) is 39.7 Å². The van der Waals surface area contributed by atoms with Crippen molar-refractivity contribution in [3.63, 3.8) is 0 Å². The maximum absolute atomic E-state index is 12.6. The van der Waals surface area contributed by atoms with Crippen molar-refractivity contribution in [1.82, 2.24) is 4.90 Å². The van der Waals surface area contributed by atoms with Gasteiger partial charge in [-0.2, -0.15) is 0 Å². The number of morpholine rings is 1. The van der Waals surface area contributed by atoms with E-state index < -0.39 is 5.41 Å². The van der Waals surface area contributed by atoms with Crippen LogP contribution in [0.25, 0.3) is 0 Å². The fraction of sp³-hybridized carbons (Fsp3) is 0.833. The highest BCUT2D eigenvalue weighted by atomic mass is 32.1. The first-order chi connectivity index (χ1) is 7.75. The summed E-state index contributed by atoms with van der Waals surface area (Å²) in [6.07, 6.45) is 0.620. The van der Waals surface area contributed by atoms with Crippen LogP contribution in [-0.2, 0) is 9.53 Å². The first-order valence-electron chi connectivity index (χ1n) is 5.95. The number of nitrogens with zero attached hydrogens (tertiary/aromatic N) is 1. The molecule has 2 N–H and O–H groups in total. The first kappa shape index (κ1) is 14.4. The van der Waals surface area contributed by atoms with E-state index in [1.165, 1.54) is 0 Å². The molecule has 0 aromatic heterocycles. The first-order valence-corrected chi connectivity index (χ1v) is 6.36. The number of carbonyl (C=O) groups is 1. The Labute approximate surface area is 108 Å². The summed E-state index contributed by atoms with van der Waals surface area (Å²) in [7, 11) is 0. The molecule has 5 heteroatoms. The van der Waals surface area contributed by atoms with Gasteiger partial charge < -0.3 is 15.4 Å². The zero-order valence-corrected chi connectivity index (χ0v) is 11.9. The molecule has 0 bridgehead atoms. The normalized spacial score (nSPS) is 22.9. The molecule has 1 saturated heterocycles. The number of rotatable bonds is 3. The Hall–Kier alpha value is -0.680. The molecule has 98 valence electrons. The third-order valence-electron chi connectivity index (χ3n) is 3.61. The minimum Gasteiger partial charge on any atom is -0.392 e. The van der Waals surface area contributed by atoms with E-state index in [1.54, 1.807) is 0 Å². The minimum absolute atomic E-state index is 0.0146. The number of nitrogens with two attached hydrogens (primary N) is 1. The lowest BCUT2D eigenvalue weighted by molar-refractivity contribution is -0.153. The second kappa shape index (κ2) is 4.90. The van der Waals surface area contributed by atoms with Gasteiger partial charge in [0, 0.05) is 6.54 Å². The Morgan fingerprint density at radius 3 is 2.59 bits per heavy atom. The van der Waals surface area contributed by atoms with Gasteiger partial charge in [-0.15, -0.1) is 0 Å². The van der Waals surface area contributed by atoms with E-state index in [4.69, 9.17) is 22.7 Å². The van der Waals surface area contributed by atoms with E-state index in [1.807, 2.05) is 32.6 Å². The minimum atomic E-state index is -0.746. The number of amides is 1. The predicted octanol–water partition coefficient (Wildman–Crippen LogP) is 1.33. The zero-order valence-electron chi connectivity index (χ0n) is 11.1. The predicted molar refractivity (Wildman–Crippen MR) is 71.8 cm³/mol. The largest absolute Gasteiger partial charge is 0.392 e. The van der Waals surface area contributed by atoms with Crippen LogP contribution in [0.15, 0.2) is 0 Å². The highest BCUT2D eigenvalue weighted by Crippen LogP contribution is 2.30. The summed E-state index contributed by atoms with van der Waals surface area (Å²) < 4.78 is 5.41. The Morgan fingerprint density at radius 1 is 1.59 bits per heavy atom. The summed E-state index contributed by atoms with van der Waals surface area (Å²) in [5.74, 6) is 0.0146. The molecule has 17 heavy (non-hydrogen) atoms. The summed E-state index contributed by atoms with van der Waals surface area (Å²) in [5, 5.41) is 0. The van der Waals surface area contributed by atoms with Crippen molar-refractivity contribution in [1.29, 1.82) is 0 Å². The standard InChI is InChI=1S/C12H22N2O2S/c1-5-12(4,9(13)17)10(15)14-6-7-16-8-11(14,2)3/h5-8H2,1-4H3,(H2,13,17). The third-order valence-corrected chi connectivity index (χ3v) is 4.06. The summed E-state index contributed by atoms with van der Waals surface area (Å²) in [6.45, 7) is 9.49. The van der Waals surface area contributed by atoms with Crippen LogP contribution in [-0.4, -0.2) is 41.1 Å². The van der Waals surface area contributed by atoms with Crippen molar-refractivity contribution in [2.75, 3.05) is 19.8 Å². The van der Waals surface area contributed by atoms with Crippen LogP contribution in [0, 0.1) is 5.41 Å². The number of thiocarbonyl (C=S) groups is 1. The molecule has 1 rings (SSSR count). The van der Waals surface area contributed by atoms with E-state index in [0.717, 1.165) is 0 Å². The van der Waals surface area contributed by atoms with Gasteiger partial charge in [0.2, 0.25) is 5.91 Å². The second-order valence-corrected chi connectivity index (χ2v) is 5.81. The molecule has 0 aliphatic carbocycles. The van der Waals surface area contributed by atoms with Gasteiger partial charge in [0.25, 0.3) is 0 Å². The fourth-order valence-corrected chi connectivity index (χ4v) is 2.20. The molecule has 0 radical (unpaired) electrons. The van der Waals surface area contributed by atoms with Crippen LogP contribution in [0.5, 0.6) is 0 Å². The molecular weight excluding hydrogens is 236 g/mol. The van der Waals surface area contributed by atoms with Gasteiger partial charge >= 0.3 is 0 Å². The number of hydrogen-bond acceptors (Lipinski definition) is 3. The summed E-state index contributed by atoms with van der Waals surface area (Å²) in [6, 6.07) is 0. The van der Waals surface area contributed by atoms with Crippen molar-refractivity contribution >= 4 is 23.1 Å². The molecule has 1 heterocycles. The van der Waals surface area contributed by atoms with Crippen LogP contribution in [0.2, 0.25) is 0 Å². The molecule has 1 amide bonds. The second-order valence-electron chi connectivity index (χ2n) is 5.37. The Bertz CT molecular complexity index is 330. The average Bonchev–Trinajstić information content (AvgIpc) is 2.26. The van der Waals surface area contributed by atoms with Crippen LogP contribution >= 0.6 is 12.2 Å². The zero-order chi connectivity index (χ0) is 13.3. The van der Waals surface area contributed by atoms with E-state index in [9.17, 15) is 4.79 Å². The molecule has 0 aromatic rings. The third kappa shape index (κ3) is 2.60. The maximum Gasteiger partial charge on any atom is 0.235 e. The molecule has 1 aliphatic rings. The number of hydrogen-bond donors (Lipinski definition) is 1. The lowest BCUT2D eigenvalue weighted by Gasteiger charge is -2.45. The van der Waals surface area contributed by atoms with Crippen LogP contribution in [0.4, 0.5) is 0 Å². The molecule has 0 spiro atoms. The van der Waals surface area contributed by atoms with Gasteiger partial charge in [-0.25, -0.2) is 0 Å². The Balaban J connectivity index is 2.98. The van der Waals surface area contributed by atoms with Gasteiger partial charge in [0.15, 0.2) is 0 Å². The smallest absolute Gasteiger partial charge is 0.235 e. The molecule has 0 aromatic carbocycles. The Kier molecular flexibility index (Phi) is 4.15.